The molecule has 102 valence electrons. The summed E-state index contributed by atoms with van der Waals surface area (Å²) >= 11 is 0. The van der Waals surface area contributed by atoms with Crippen LogP contribution in [0.1, 0.15) is 5.89 Å². The van der Waals surface area contributed by atoms with E-state index in [4.69, 9.17) is 4.42 Å². The Morgan fingerprint density at radius 1 is 1.37 bits per heavy atom. The van der Waals surface area contributed by atoms with E-state index in [1.165, 1.54) is 0 Å². The average molecular weight is 260 g/mol. The van der Waals surface area contributed by atoms with Crippen LogP contribution < -0.4 is 10.6 Å². The fourth-order valence-corrected chi connectivity index (χ4v) is 2.45. The number of hydrogen-bond donors (Lipinski definition) is 2. The number of benzene rings is 1. The van der Waals surface area contributed by atoms with Crippen LogP contribution in [0, 0.1) is 6.92 Å². The normalized spacial score (nSPS) is 16.9. The maximum atomic E-state index is 5.47. The van der Waals surface area contributed by atoms with E-state index in [-0.39, 0.29) is 0 Å². The molecule has 0 radical (unpaired) electrons. The van der Waals surface area contributed by atoms with Crippen LogP contribution in [0.2, 0.25) is 0 Å². The molecule has 1 aromatic heterocycles. The molecule has 0 atom stereocenters. The monoisotopic (exact) mass is 260 g/mol. The van der Waals surface area contributed by atoms with Crippen LogP contribution in [-0.2, 0) is 0 Å². The molecule has 1 fully saturated rings. The molecular weight excluding hydrogens is 240 g/mol. The second-order valence-corrected chi connectivity index (χ2v) is 4.93. The molecule has 2 heterocycles. The highest BCUT2D eigenvalue weighted by Gasteiger charge is 2.08. The van der Waals surface area contributed by atoms with Crippen molar-refractivity contribution in [2.75, 3.05) is 44.6 Å². The molecule has 1 aliphatic heterocycles. The number of nitrogens with zero attached hydrogens (tertiary/aromatic N) is 2. The van der Waals surface area contributed by atoms with Crippen molar-refractivity contribution >= 4 is 16.8 Å². The van der Waals surface area contributed by atoms with Gasteiger partial charge >= 0.3 is 0 Å². The molecule has 0 aliphatic carbocycles. The van der Waals surface area contributed by atoms with Crippen LogP contribution in [0.4, 0.5) is 5.69 Å². The second kappa shape index (κ2) is 5.59. The van der Waals surface area contributed by atoms with Crippen LogP contribution in [0.5, 0.6) is 0 Å². The van der Waals surface area contributed by atoms with Gasteiger partial charge in [-0.15, -0.1) is 0 Å². The van der Waals surface area contributed by atoms with Gasteiger partial charge in [-0.25, -0.2) is 4.98 Å². The molecule has 19 heavy (non-hydrogen) atoms. The van der Waals surface area contributed by atoms with Crippen LogP contribution in [0.3, 0.4) is 0 Å². The molecule has 0 spiro atoms. The zero-order valence-corrected chi connectivity index (χ0v) is 11.3. The third kappa shape index (κ3) is 3.05. The topological polar surface area (TPSA) is 53.3 Å². The van der Waals surface area contributed by atoms with E-state index < -0.39 is 0 Å². The van der Waals surface area contributed by atoms with Gasteiger partial charge in [0.25, 0.3) is 0 Å². The number of oxazole rings is 1. The fraction of sp³-hybridized carbons (Fsp3) is 0.500. The van der Waals surface area contributed by atoms with Crippen LogP contribution in [0.25, 0.3) is 11.1 Å². The van der Waals surface area contributed by atoms with Crippen LogP contribution in [-0.4, -0.2) is 49.2 Å². The van der Waals surface area contributed by atoms with E-state index in [2.05, 4.69) is 20.5 Å². The minimum atomic E-state index is 0.716. The van der Waals surface area contributed by atoms with Gasteiger partial charge in [-0.05, 0) is 18.2 Å². The van der Waals surface area contributed by atoms with Crippen molar-refractivity contribution in [3.63, 3.8) is 0 Å². The van der Waals surface area contributed by atoms with Crippen molar-refractivity contribution in [3.05, 3.63) is 24.1 Å². The predicted molar refractivity (Wildman–Crippen MR) is 76.5 cm³/mol. The molecule has 2 aromatic rings. The van der Waals surface area contributed by atoms with Gasteiger partial charge in [0.05, 0.1) is 0 Å². The number of aryl methyl sites for hydroxylation is 1. The zero-order valence-electron chi connectivity index (χ0n) is 11.3. The summed E-state index contributed by atoms with van der Waals surface area (Å²) in [4.78, 5) is 6.82. The van der Waals surface area contributed by atoms with E-state index >= 15 is 0 Å². The third-order valence-electron chi connectivity index (χ3n) is 3.46. The highest BCUT2D eigenvalue weighted by atomic mass is 16.3. The van der Waals surface area contributed by atoms with Crippen LogP contribution >= 0.6 is 0 Å². The molecule has 1 aromatic carbocycles. The maximum absolute atomic E-state index is 5.47. The lowest BCUT2D eigenvalue weighted by Gasteiger charge is -2.27. The quantitative estimate of drug-likeness (QED) is 0.871. The molecule has 0 amide bonds. The van der Waals surface area contributed by atoms with Gasteiger partial charge in [-0.2, -0.15) is 0 Å². The Kier molecular flexibility index (Phi) is 3.66. The minimum Gasteiger partial charge on any atom is -0.441 e. The molecule has 1 aliphatic rings. The van der Waals surface area contributed by atoms with Gasteiger partial charge in [-0.1, -0.05) is 0 Å². The van der Waals surface area contributed by atoms with Crippen LogP contribution in [0.15, 0.2) is 22.6 Å². The van der Waals surface area contributed by atoms with E-state index in [9.17, 15) is 0 Å². The maximum Gasteiger partial charge on any atom is 0.192 e. The van der Waals surface area contributed by atoms with Crippen molar-refractivity contribution in [3.8, 4) is 0 Å². The zero-order chi connectivity index (χ0) is 13.1. The molecule has 1 saturated heterocycles. The number of nitrogens with one attached hydrogen (secondary N) is 2. The Morgan fingerprint density at radius 3 is 3.05 bits per heavy atom. The molecule has 0 saturated carbocycles. The predicted octanol–water partition coefficient (Wildman–Crippen LogP) is 1.45. The summed E-state index contributed by atoms with van der Waals surface area (Å²) in [5, 5.41) is 6.81. The first kappa shape index (κ1) is 12.4. The standard InChI is InChI=1S/C14H20N4O/c1-11-17-13-10-12(2-3-14(13)19-11)16-6-9-18-7-4-15-5-8-18/h2-3,10,15-16H,4-9H2,1H3. The first-order valence-corrected chi connectivity index (χ1v) is 6.85. The molecule has 0 bridgehead atoms. The summed E-state index contributed by atoms with van der Waals surface area (Å²) in [5.74, 6) is 0.716. The van der Waals surface area contributed by atoms with E-state index in [0.29, 0.717) is 5.89 Å². The Bertz CT molecular complexity index is 545. The summed E-state index contributed by atoms with van der Waals surface area (Å²) in [7, 11) is 0. The molecule has 3 rings (SSSR count). The Morgan fingerprint density at radius 2 is 2.21 bits per heavy atom. The largest absolute Gasteiger partial charge is 0.441 e. The van der Waals surface area contributed by atoms with Gasteiger partial charge < -0.3 is 15.1 Å². The summed E-state index contributed by atoms with van der Waals surface area (Å²) in [6, 6.07) is 6.07. The van der Waals surface area contributed by atoms with Crippen molar-refractivity contribution < 1.29 is 4.42 Å². The lowest BCUT2D eigenvalue weighted by atomic mass is 10.3. The Balaban J connectivity index is 1.55. The lowest BCUT2D eigenvalue weighted by molar-refractivity contribution is 0.249. The summed E-state index contributed by atoms with van der Waals surface area (Å²) in [5.41, 5.74) is 2.88. The van der Waals surface area contributed by atoms with Crippen molar-refractivity contribution in [2.45, 2.75) is 6.92 Å². The van der Waals surface area contributed by atoms with E-state index in [1.807, 2.05) is 25.1 Å². The fourth-order valence-electron chi connectivity index (χ4n) is 2.45. The molecule has 2 N–H and O–H groups in total. The number of hydrogen-bond acceptors (Lipinski definition) is 5. The number of aromatic nitrogens is 1. The van der Waals surface area contributed by atoms with Crippen molar-refractivity contribution in [1.82, 2.24) is 15.2 Å². The first-order valence-electron chi connectivity index (χ1n) is 6.85. The van der Waals surface area contributed by atoms with Gasteiger partial charge in [-0.3, -0.25) is 4.90 Å². The van der Waals surface area contributed by atoms with Crippen molar-refractivity contribution in [1.29, 1.82) is 0 Å². The average Bonchev–Trinajstić information content (AvgIpc) is 2.79. The van der Waals surface area contributed by atoms with Gasteiger partial charge in [0.15, 0.2) is 11.5 Å². The Hall–Kier alpha value is -1.59. The third-order valence-corrected chi connectivity index (χ3v) is 3.46. The van der Waals surface area contributed by atoms with Gasteiger partial charge in [0.2, 0.25) is 0 Å². The molecule has 0 unspecified atom stereocenters. The SMILES string of the molecule is Cc1nc2cc(NCCN3CCNCC3)ccc2o1. The summed E-state index contributed by atoms with van der Waals surface area (Å²) < 4.78 is 5.47. The van der Waals surface area contributed by atoms with E-state index in [1.54, 1.807) is 0 Å². The first-order chi connectivity index (χ1) is 9.31. The summed E-state index contributed by atoms with van der Waals surface area (Å²) in [6.07, 6.45) is 0. The smallest absolute Gasteiger partial charge is 0.192 e. The minimum absolute atomic E-state index is 0.716. The number of anilines is 1. The number of fused-ring (bicyclic) bond motifs is 1. The second-order valence-electron chi connectivity index (χ2n) is 4.93. The highest BCUT2D eigenvalue weighted by molar-refractivity contribution is 5.77. The summed E-state index contributed by atoms with van der Waals surface area (Å²) in [6.45, 7) is 8.40. The lowest BCUT2D eigenvalue weighted by Crippen LogP contribution is -2.45. The highest BCUT2D eigenvalue weighted by Crippen LogP contribution is 2.19. The Labute approximate surface area is 113 Å². The molecule has 5 nitrogen and oxygen atoms in total. The van der Waals surface area contributed by atoms with Gasteiger partial charge in [0, 0.05) is 51.9 Å². The number of rotatable bonds is 4. The molecular formula is C14H20N4O. The van der Waals surface area contributed by atoms with E-state index in [0.717, 1.165) is 56.1 Å². The molecule has 5 heteroatoms. The van der Waals surface area contributed by atoms with Crippen molar-refractivity contribution in [2.24, 2.45) is 0 Å². The van der Waals surface area contributed by atoms with Gasteiger partial charge in [0.1, 0.15) is 5.52 Å². The number of piperazine rings is 1.